The zero-order valence-corrected chi connectivity index (χ0v) is 19.1. The van der Waals surface area contributed by atoms with Crippen LogP contribution in [0.3, 0.4) is 0 Å². The lowest BCUT2D eigenvalue weighted by atomic mass is 10.1. The largest absolute Gasteiger partial charge is 0.483 e. The highest BCUT2D eigenvalue weighted by Crippen LogP contribution is 2.19. The minimum Gasteiger partial charge on any atom is -0.483 e. The summed E-state index contributed by atoms with van der Waals surface area (Å²) in [6.45, 7) is 1.31. The molecule has 9 heteroatoms. The summed E-state index contributed by atoms with van der Waals surface area (Å²) in [6, 6.07) is 20.4. The summed E-state index contributed by atoms with van der Waals surface area (Å²) in [5.74, 6) is -2.41. The van der Waals surface area contributed by atoms with Crippen LogP contribution in [0.2, 0.25) is 0 Å². The predicted molar refractivity (Wildman–Crippen MR) is 129 cm³/mol. The molecule has 3 aromatic carbocycles. The van der Waals surface area contributed by atoms with Crippen molar-refractivity contribution in [1.29, 1.82) is 0 Å². The fourth-order valence-corrected chi connectivity index (χ4v) is 3.08. The molecule has 3 aromatic rings. The van der Waals surface area contributed by atoms with E-state index in [0.717, 1.165) is 11.1 Å². The zero-order valence-electron chi connectivity index (χ0n) is 19.1. The lowest BCUT2D eigenvalue weighted by Crippen LogP contribution is -2.26. The maximum atomic E-state index is 12.7. The van der Waals surface area contributed by atoms with Crippen LogP contribution >= 0.6 is 0 Å². The Bertz CT molecular complexity index is 1220. The van der Waals surface area contributed by atoms with Crippen LogP contribution in [0, 0.1) is 6.92 Å². The van der Waals surface area contributed by atoms with Gasteiger partial charge in [-0.05, 0) is 36.8 Å². The van der Waals surface area contributed by atoms with Gasteiger partial charge in [0.05, 0.1) is 11.3 Å². The van der Waals surface area contributed by atoms with Crippen molar-refractivity contribution >= 4 is 29.4 Å². The quantitative estimate of drug-likeness (QED) is 0.386. The highest BCUT2D eigenvalue weighted by molar-refractivity contribution is 6.04. The normalized spacial score (nSPS) is 10.2. The Morgan fingerprint density at radius 2 is 1.49 bits per heavy atom. The van der Waals surface area contributed by atoms with Crippen LogP contribution in [0.1, 0.15) is 31.8 Å². The molecule has 0 atom stereocenters. The van der Waals surface area contributed by atoms with Crippen molar-refractivity contribution in [3.05, 3.63) is 95.1 Å². The predicted octanol–water partition coefficient (Wildman–Crippen LogP) is 2.58. The number of aryl methyl sites for hydroxylation is 1. The molecule has 0 aliphatic carbocycles. The Balaban J connectivity index is 1.58. The van der Waals surface area contributed by atoms with Crippen LogP contribution in [0.5, 0.6) is 5.75 Å². The number of rotatable bonds is 10. The summed E-state index contributed by atoms with van der Waals surface area (Å²) in [4.78, 5) is 48.5. The highest BCUT2D eigenvalue weighted by atomic mass is 16.5. The van der Waals surface area contributed by atoms with Crippen molar-refractivity contribution in [2.45, 2.75) is 13.5 Å². The number of nitrogens with one attached hydrogen (secondary N) is 2. The van der Waals surface area contributed by atoms with Crippen LogP contribution in [0.25, 0.3) is 0 Å². The number of nitrogens with two attached hydrogens (primary N) is 1. The van der Waals surface area contributed by atoms with Crippen molar-refractivity contribution < 1.29 is 28.7 Å². The number of benzene rings is 3. The van der Waals surface area contributed by atoms with Gasteiger partial charge in [-0.3, -0.25) is 14.4 Å². The molecular weight excluding hydrogens is 450 g/mol. The smallest absolute Gasteiger partial charge is 0.342 e. The Labute approximate surface area is 202 Å². The standard InChI is InChI=1S/C26H25N3O6/c1-17-10-12-18(13-11-17)14-28-25(32)19-6-2-4-8-21(19)29-24(31)16-35-26(33)20-7-3-5-9-22(20)34-15-23(27)30/h2-13H,14-16H2,1H3,(H2,27,30)(H,28,32)(H,29,31). The van der Waals surface area contributed by atoms with E-state index in [0.29, 0.717) is 6.54 Å². The van der Waals surface area contributed by atoms with E-state index in [2.05, 4.69) is 10.6 Å². The number of carbonyl (C=O) groups is 4. The number of hydrogen-bond donors (Lipinski definition) is 3. The van der Waals surface area contributed by atoms with Gasteiger partial charge in [0.1, 0.15) is 11.3 Å². The van der Waals surface area contributed by atoms with Gasteiger partial charge < -0.3 is 25.8 Å². The molecule has 3 amide bonds. The Morgan fingerprint density at radius 1 is 0.829 bits per heavy atom. The third kappa shape index (κ3) is 7.43. The van der Waals surface area contributed by atoms with Gasteiger partial charge in [0.15, 0.2) is 13.2 Å². The summed E-state index contributed by atoms with van der Waals surface area (Å²) in [6.07, 6.45) is 0. The number of anilines is 1. The number of esters is 1. The lowest BCUT2D eigenvalue weighted by molar-refractivity contribution is -0.120. The van der Waals surface area contributed by atoms with E-state index in [1.165, 1.54) is 12.1 Å². The first-order valence-electron chi connectivity index (χ1n) is 10.7. The topological polar surface area (TPSA) is 137 Å². The Kier molecular flexibility index (Phi) is 8.55. The molecule has 0 heterocycles. The van der Waals surface area contributed by atoms with Crippen LogP contribution in [-0.2, 0) is 20.9 Å². The van der Waals surface area contributed by atoms with Crippen molar-refractivity contribution in [3.63, 3.8) is 0 Å². The average molecular weight is 476 g/mol. The Morgan fingerprint density at radius 3 is 2.20 bits per heavy atom. The minimum absolute atomic E-state index is 0.0393. The SMILES string of the molecule is Cc1ccc(CNC(=O)c2ccccc2NC(=O)COC(=O)c2ccccc2OCC(N)=O)cc1. The first kappa shape index (κ1) is 25.0. The number of ether oxygens (including phenoxy) is 2. The van der Waals surface area contributed by atoms with E-state index in [4.69, 9.17) is 15.2 Å². The van der Waals surface area contributed by atoms with Gasteiger partial charge in [0.25, 0.3) is 17.7 Å². The summed E-state index contributed by atoms with van der Waals surface area (Å²) < 4.78 is 10.3. The molecule has 0 radical (unpaired) electrons. The van der Waals surface area contributed by atoms with Crippen LogP contribution in [0.15, 0.2) is 72.8 Å². The highest BCUT2D eigenvalue weighted by Gasteiger charge is 2.17. The number of para-hydroxylation sites is 2. The van der Waals surface area contributed by atoms with E-state index in [-0.39, 0.29) is 28.5 Å². The van der Waals surface area contributed by atoms with Gasteiger partial charge in [0, 0.05) is 6.54 Å². The van der Waals surface area contributed by atoms with E-state index in [9.17, 15) is 19.2 Å². The Hall–Kier alpha value is -4.66. The lowest BCUT2D eigenvalue weighted by Gasteiger charge is -2.13. The fourth-order valence-electron chi connectivity index (χ4n) is 3.08. The summed E-state index contributed by atoms with van der Waals surface area (Å²) in [5.41, 5.74) is 7.71. The van der Waals surface area contributed by atoms with Crippen molar-refractivity contribution in [1.82, 2.24) is 5.32 Å². The first-order valence-corrected chi connectivity index (χ1v) is 10.7. The zero-order chi connectivity index (χ0) is 25.2. The van der Waals surface area contributed by atoms with Gasteiger partial charge in [-0.2, -0.15) is 0 Å². The molecule has 0 aliphatic heterocycles. The molecule has 0 saturated carbocycles. The monoisotopic (exact) mass is 475 g/mol. The maximum Gasteiger partial charge on any atom is 0.342 e. The molecule has 35 heavy (non-hydrogen) atoms. The number of hydrogen-bond acceptors (Lipinski definition) is 6. The number of carbonyl (C=O) groups excluding carboxylic acids is 4. The molecular formula is C26H25N3O6. The molecule has 0 fully saturated rings. The van der Waals surface area contributed by atoms with Crippen LogP contribution in [0.4, 0.5) is 5.69 Å². The van der Waals surface area contributed by atoms with Gasteiger partial charge in [-0.1, -0.05) is 54.1 Å². The van der Waals surface area contributed by atoms with Crippen LogP contribution in [-0.4, -0.2) is 36.9 Å². The molecule has 0 unspecified atom stereocenters. The second-order valence-electron chi connectivity index (χ2n) is 7.59. The average Bonchev–Trinajstić information content (AvgIpc) is 2.86. The van der Waals surface area contributed by atoms with Gasteiger partial charge >= 0.3 is 5.97 Å². The van der Waals surface area contributed by atoms with Gasteiger partial charge in [0.2, 0.25) is 0 Å². The van der Waals surface area contributed by atoms with E-state index in [1.54, 1.807) is 36.4 Å². The third-order valence-electron chi connectivity index (χ3n) is 4.83. The summed E-state index contributed by atoms with van der Waals surface area (Å²) in [5, 5.41) is 5.41. The fraction of sp³-hybridized carbons (Fsp3) is 0.154. The molecule has 4 N–H and O–H groups in total. The molecule has 0 bridgehead atoms. The molecule has 0 saturated heterocycles. The number of primary amides is 1. The van der Waals surface area contributed by atoms with Crippen LogP contribution < -0.4 is 21.1 Å². The summed E-state index contributed by atoms with van der Waals surface area (Å²) >= 11 is 0. The molecule has 0 aromatic heterocycles. The molecule has 0 aliphatic rings. The van der Waals surface area contributed by atoms with Crippen molar-refractivity contribution in [2.75, 3.05) is 18.5 Å². The van der Waals surface area contributed by atoms with E-state index < -0.39 is 31.0 Å². The molecule has 9 nitrogen and oxygen atoms in total. The number of amides is 3. The molecule has 3 rings (SSSR count). The summed E-state index contributed by atoms with van der Waals surface area (Å²) in [7, 11) is 0. The third-order valence-corrected chi connectivity index (χ3v) is 4.83. The first-order chi connectivity index (χ1) is 16.8. The van der Waals surface area contributed by atoms with Gasteiger partial charge in [-0.15, -0.1) is 0 Å². The van der Waals surface area contributed by atoms with Crippen molar-refractivity contribution in [3.8, 4) is 5.75 Å². The molecule has 180 valence electrons. The second kappa shape index (κ2) is 12.0. The van der Waals surface area contributed by atoms with E-state index in [1.807, 2.05) is 31.2 Å². The van der Waals surface area contributed by atoms with E-state index >= 15 is 0 Å². The maximum absolute atomic E-state index is 12.7. The second-order valence-corrected chi connectivity index (χ2v) is 7.59. The molecule has 0 spiro atoms. The van der Waals surface area contributed by atoms with Gasteiger partial charge in [-0.25, -0.2) is 4.79 Å². The van der Waals surface area contributed by atoms with Crippen molar-refractivity contribution in [2.24, 2.45) is 5.73 Å². The minimum atomic E-state index is -0.815.